The number of nitrogens with zero attached hydrogens (tertiary/aromatic N) is 1. The van der Waals surface area contributed by atoms with Gasteiger partial charge in [0, 0.05) is 39.0 Å². The predicted octanol–water partition coefficient (Wildman–Crippen LogP) is 16.0. The molecule has 0 unspecified atom stereocenters. The highest BCUT2D eigenvalue weighted by Gasteiger charge is 2.18. The maximum Gasteiger partial charge on any atom is 0.143 e. The summed E-state index contributed by atoms with van der Waals surface area (Å²) in [6.07, 6.45) is 0. The number of hydrogen-bond acceptors (Lipinski definition) is 2. The zero-order valence-corrected chi connectivity index (χ0v) is 31.7. The lowest BCUT2D eigenvalue weighted by molar-refractivity contribution is 0.671. The maximum atomic E-state index is 6.78. The number of fused-ring (bicyclic) bond motifs is 5. The maximum absolute atomic E-state index is 6.78. The standard InChI is InChI=1S/C56H37NO/c1-2-12-40(13-3-1)51-22-10-24-53-54-25-11-23-52(56(54)58-55(51)53)43-30-36-46(37-31-43)57(44-32-26-41(27-33-44)49-20-8-16-38-14-4-6-18-47(38)49)45-34-28-42(29-35-45)50-21-9-17-39-15-5-7-19-48(39)50/h1-37H. The minimum atomic E-state index is 0.901. The van der Waals surface area contributed by atoms with Gasteiger partial charge in [0.2, 0.25) is 0 Å². The van der Waals surface area contributed by atoms with Crippen LogP contribution in [0.15, 0.2) is 229 Å². The Morgan fingerprint density at radius 1 is 0.241 bits per heavy atom. The second kappa shape index (κ2) is 14.1. The fraction of sp³-hybridized carbons (Fsp3) is 0. The van der Waals surface area contributed by atoms with Crippen LogP contribution in [0.3, 0.4) is 0 Å². The van der Waals surface area contributed by atoms with Gasteiger partial charge in [0.05, 0.1) is 0 Å². The highest BCUT2D eigenvalue weighted by Crippen LogP contribution is 2.42. The van der Waals surface area contributed by atoms with Crippen molar-refractivity contribution in [1.29, 1.82) is 0 Å². The third-order valence-corrected chi connectivity index (χ3v) is 11.5. The van der Waals surface area contributed by atoms with Crippen LogP contribution in [0, 0.1) is 0 Å². The average Bonchev–Trinajstić information content (AvgIpc) is 3.69. The molecular formula is C56H37NO. The van der Waals surface area contributed by atoms with Crippen LogP contribution in [0.4, 0.5) is 17.1 Å². The van der Waals surface area contributed by atoms with Gasteiger partial charge in [0.25, 0.3) is 0 Å². The first-order valence-electron chi connectivity index (χ1n) is 19.8. The molecule has 0 amide bonds. The number of hydrogen-bond donors (Lipinski definition) is 0. The van der Waals surface area contributed by atoms with E-state index in [2.05, 4.69) is 223 Å². The van der Waals surface area contributed by atoms with Gasteiger partial charge in [-0.05, 0) is 91.3 Å². The first-order valence-corrected chi connectivity index (χ1v) is 19.8. The van der Waals surface area contributed by atoms with E-state index in [1.807, 2.05) is 6.07 Å². The summed E-state index contributed by atoms with van der Waals surface area (Å²) >= 11 is 0. The molecule has 0 aliphatic rings. The molecule has 0 saturated heterocycles. The molecule has 2 heteroatoms. The molecule has 0 radical (unpaired) electrons. The lowest BCUT2D eigenvalue weighted by Crippen LogP contribution is -2.09. The zero-order chi connectivity index (χ0) is 38.4. The zero-order valence-electron chi connectivity index (χ0n) is 31.7. The summed E-state index contributed by atoms with van der Waals surface area (Å²) < 4.78 is 6.78. The second-order valence-electron chi connectivity index (χ2n) is 14.9. The van der Waals surface area contributed by atoms with Gasteiger partial charge < -0.3 is 9.32 Å². The summed E-state index contributed by atoms with van der Waals surface area (Å²) in [5, 5.41) is 7.24. The highest BCUT2D eigenvalue weighted by molar-refractivity contribution is 6.13. The third-order valence-electron chi connectivity index (χ3n) is 11.5. The van der Waals surface area contributed by atoms with E-state index in [9.17, 15) is 0 Å². The molecular weight excluding hydrogens is 703 g/mol. The largest absolute Gasteiger partial charge is 0.455 e. The summed E-state index contributed by atoms with van der Waals surface area (Å²) in [5.74, 6) is 0. The SMILES string of the molecule is c1ccc(-c2cccc3c2oc2c(-c4ccc(N(c5ccc(-c6cccc7ccccc67)cc5)c5ccc(-c6cccc7ccccc67)cc5)cc4)cccc23)cc1. The van der Waals surface area contributed by atoms with Gasteiger partial charge >= 0.3 is 0 Å². The molecule has 58 heavy (non-hydrogen) atoms. The van der Waals surface area contributed by atoms with Crippen molar-refractivity contribution in [3.05, 3.63) is 224 Å². The molecule has 0 bridgehead atoms. The molecule has 0 atom stereocenters. The van der Waals surface area contributed by atoms with Crippen LogP contribution in [-0.2, 0) is 0 Å². The van der Waals surface area contributed by atoms with Crippen molar-refractivity contribution in [2.75, 3.05) is 4.90 Å². The van der Waals surface area contributed by atoms with Crippen LogP contribution in [0.1, 0.15) is 0 Å². The summed E-state index contributed by atoms with van der Waals surface area (Å²) in [6.45, 7) is 0. The first-order chi connectivity index (χ1) is 28.8. The van der Waals surface area contributed by atoms with Gasteiger partial charge in [-0.3, -0.25) is 0 Å². The summed E-state index contributed by atoms with van der Waals surface area (Å²) in [6, 6.07) is 80.5. The fourth-order valence-electron chi connectivity index (χ4n) is 8.66. The van der Waals surface area contributed by atoms with Gasteiger partial charge in [-0.2, -0.15) is 0 Å². The van der Waals surface area contributed by atoms with Crippen molar-refractivity contribution in [2.45, 2.75) is 0 Å². The van der Waals surface area contributed by atoms with Gasteiger partial charge in [-0.1, -0.05) is 188 Å². The highest BCUT2D eigenvalue weighted by atomic mass is 16.3. The molecule has 0 spiro atoms. The van der Waals surface area contributed by atoms with Gasteiger partial charge in [-0.25, -0.2) is 0 Å². The minimum Gasteiger partial charge on any atom is -0.455 e. The quantitative estimate of drug-likeness (QED) is 0.162. The topological polar surface area (TPSA) is 16.4 Å². The van der Waals surface area contributed by atoms with Crippen molar-refractivity contribution in [2.24, 2.45) is 0 Å². The van der Waals surface area contributed by atoms with E-state index < -0.39 is 0 Å². The van der Waals surface area contributed by atoms with E-state index >= 15 is 0 Å². The van der Waals surface area contributed by atoms with Crippen LogP contribution in [0.2, 0.25) is 0 Å². The van der Waals surface area contributed by atoms with Crippen LogP contribution in [0.5, 0.6) is 0 Å². The molecule has 10 aromatic carbocycles. The molecule has 0 aliphatic carbocycles. The molecule has 2 nitrogen and oxygen atoms in total. The number of para-hydroxylation sites is 2. The van der Waals surface area contributed by atoms with E-state index in [0.717, 1.165) is 61.3 Å². The predicted molar refractivity (Wildman–Crippen MR) is 245 cm³/mol. The van der Waals surface area contributed by atoms with E-state index in [1.54, 1.807) is 0 Å². The number of anilines is 3. The summed E-state index contributed by atoms with van der Waals surface area (Å²) in [7, 11) is 0. The van der Waals surface area contributed by atoms with Crippen LogP contribution >= 0.6 is 0 Å². The van der Waals surface area contributed by atoms with Gasteiger partial charge in [-0.15, -0.1) is 0 Å². The molecule has 11 aromatic rings. The van der Waals surface area contributed by atoms with Crippen LogP contribution in [0.25, 0.3) is 88.0 Å². The lowest BCUT2D eigenvalue weighted by Gasteiger charge is -2.26. The molecule has 0 N–H and O–H groups in total. The van der Waals surface area contributed by atoms with Crippen molar-refractivity contribution in [3.63, 3.8) is 0 Å². The molecule has 0 saturated carbocycles. The Balaban J connectivity index is 1.00. The average molecular weight is 740 g/mol. The number of furan rings is 1. The van der Waals surface area contributed by atoms with E-state index in [-0.39, 0.29) is 0 Å². The van der Waals surface area contributed by atoms with Crippen molar-refractivity contribution in [3.8, 4) is 44.5 Å². The van der Waals surface area contributed by atoms with Crippen LogP contribution in [-0.4, -0.2) is 0 Å². The Morgan fingerprint density at radius 2 is 0.569 bits per heavy atom. The van der Waals surface area contributed by atoms with E-state index in [1.165, 1.54) is 43.8 Å². The smallest absolute Gasteiger partial charge is 0.143 e. The molecule has 1 heterocycles. The first kappa shape index (κ1) is 33.6. The van der Waals surface area contributed by atoms with Gasteiger partial charge in [0.15, 0.2) is 0 Å². The lowest BCUT2D eigenvalue weighted by atomic mass is 9.97. The van der Waals surface area contributed by atoms with E-state index in [0.29, 0.717) is 0 Å². The van der Waals surface area contributed by atoms with Crippen molar-refractivity contribution < 1.29 is 4.42 Å². The third kappa shape index (κ3) is 5.82. The molecule has 272 valence electrons. The minimum absolute atomic E-state index is 0.901. The van der Waals surface area contributed by atoms with Crippen LogP contribution < -0.4 is 4.90 Å². The number of rotatable bonds is 7. The number of benzene rings is 10. The Bertz CT molecular complexity index is 3120. The van der Waals surface area contributed by atoms with E-state index in [4.69, 9.17) is 4.42 Å². The Kier molecular flexibility index (Phi) is 8.19. The Labute approximate surface area is 337 Å². The summed E-state index contributed by atoms with van der Waals surface area (Å²) in [5.41, 5.74) is 14.3. The molecule has 1 aromatic heterocycles. The Hall–Kier alpha value is -7.68. The summed E-state index contributed by atoms with van der Waals surface area (Å²) in [4.78, 5) is 2.34. The monoisotopic (exact) mass is 739 g/mol. The van der Waals surface area contributed by atoms with Crippen molar-refractivity contribution >= 4 is 60.5 Å². The second-order valence-corrected chi connectivity index (χ2v) is 14.9. The molecule has 0 aliphatic heterocycles. The molecule has 0 fully saturated rings. The normalized spacial score (nSPS) is 11.4. The van der Waals surface area contributed by atoms with Gasteiger partial charge in [0.1, 0.15) is 11.2 Å². The van der Waals surface area contributed by atoms with Crippen molar-refractivity contribution in [1.82, 2.24) is 0 Å². The fourth-order valence-corrected chi connectivity index (χ4v) is 8.66. The Morgan fingerprint density at radius 3 is 1.03 bits per heavy atom. The molecule has 11 rings (SSSR count).